The summed E-state index contributed by atoms with van der Waals surface area (Å²) in [7, 11) is -3.77. The fourth-order valence-corrected chi connectivity index (χ4v) is 5.57. The highest BCUT2D eigenvalue weighted by Gasteiger charge is 2.35. The number of aromatic nitrogens is 2. The van der Waals surface area contributed by atoms with Crippen LogP contribution >= 0.6 is 0 Å². The van der Waals surface area contributed by atoms with Crippen LogP contribution in [-0.4, -0.2) is 47.8 Å². The Balaban J connectivity index is 1.31. The zero-order valence-corrected chi connectivity index (χ0v) is 18.2. The lowest BCUT2D eigenvalue weighted by Crippen LogP contribution is -2.42. The predicted molar refractivity (Wildman–Crippen MR) is 115 cm³/mol. The number of hydrogen-bond acceptors (Lipinski definition) is 6. The molecule has 8 nitrogen and oxygen atoms in total. The molecule has 0 N–H and O–H groups in total. The Morgan fingerprint density at radius 3 is 2.73 bits per heavy atom. The molecule has 0 amide bonds. The van der Waals surface area contributed by atoms with Gasteiger partial charge < -0.3 is 9.64 Å². The van der Waals surface area contributed by atoms with E-state index in [1.54, 1.807) is 41.3 Å². The maximum Gasteiger partial charge on any atom is 0.320 e. The van der Waals surface area contributed by atoms with E-state index in [0.29, 0.717) is 36.3 Å². The van der Waals surface area contributed by atoms with Gasteiger partial charge in [0.1, 0.15) is 11.5 Å². The van der Waals surface area contributed by atoms with Gasteiger partial charge in [-0.1, -0.05) is 24.3 Å². The molecule has 5 rings (SSSR count). The molecular weight excluding hydrogens is 454 g/mol. The highest BCUT2D eigenvalue weighted by Crippen LogP contribution is 2.30. The molecule has 2 aromatic carbocycles. The number of likely N-dealkylation sites (tertiary alicyclic amines) is 1. The van der Waals surface area contributed by atoms with Crippen LogP contribution in [0.15, 0.2) is 57.8 Å². The molecule has 1 unspecified atom stereocenters. The van der Waals surface area contributed by atoms with Gasteiger partial charge in [0.25, 0.3) is 10.0 Å². The third-order valence-electron chi connectivity index (χ3n) is 5.87. The van der Waals surface area contributed by atoms with Gasteiger partial charge in [0.15, 0.2) is 11.7 Å². The molecule has 1 aromatic heterocycles. The van der Waals surface area contributed by atoms with Crippen molar-refractivity contribution < 1.29 is 26.7 Å². The molecule has 0 radical (unpaired) electrons. The highest BCUT2D eigenvalue weighted by atomic mass is 32.2. The minimum Gasteiger partial charge on any atom is -0.457 e. The van der Waals surface area contributed by atoms with Crippen LogP contribution in [0.4, 0.5) is 8.78 Å². The number of alkyl halides is 2. The molecule has 0 aliphatic carbocycles. The third kappa shape index (κ3) is 3.86. The van der Waals surface area contributed by atoms with Crippen molar-refractivity contribution in [2.24, 2.45) is 10.3 Å². The van der Waals surface area contributed by atoms with Gasteiger partial charge >= 0.3 is 12.5 Å². The molecule has 1 fully saturated rings. The Kier molecular flexibility index (Phi) is 5.35. The van der Waals surface area contributed by atoms with Crippen molar-refractivity contribution in [3.05, 3.63) is 59.9 Å². The molecule has 1 saturated heterocycles. The van der Waals surface area contributed by atoms with Crippen LogP contribution in [-0.2, 0) is 26.2 Å². The van der Waals surface area contributed by atoms with Crippen molar-refractivity contribution >= 4 is 32.9 Å². The molecule has 3 aromatic rings. The van der Waals surface area contributed by atoms with Gasteiger partial charge in [-0.25, -0.2) is 4.98 Å². The van der Waals surface area contributed by atoms with Gasteiger partial charge in [0.2, 0.25) is 0 Å². The summed E-state index contributed by atoms with van der Waals surface area (Å²) >= 11 is 0. The van der Waals surface area contributed by atoms with E-state index in [9.17, 15) is 22.0 Å². The number of halogens is 2. The van der Waals surface area contributed by atoms with Crippen molar-refractivity contribution in [2.45, 2.75) is 30.9 Å². The molecule has 0 bridgehead atoms. The normalized spacial score (nSPS) is 19.5. The van der Waals surface area contributed by atoms with E-state index in [-0.39, 0.29) is 29.4 Å². The van der Waals surface area contributed by atoms with Gasteiger partial charge in [-0.2, -0.15) is 17.2 Å². The topological polar surface area (TPSA) is 93.9 Å². The van der Waals surface area contributed by atoms with Gasteiger partial charge in [0.05, 0.1) is 17.0 Å². The van der Waals surface area contributed by atoms with Crippen LogP contribution in [0.1, 0.15) is 30.8 Å². The number of imidazole rings is 1. The predicted octanol–water partition coefficient (Wildman–Crippen LogP) is 3.34. The van der Waals surface area contributed by atoms with E-state index in [2.05, 4.69) is 9.38 Å². The van der Waals surface area contributed by atoms with Crippen LogP contribution in [0.3, 0.4) is 0 Å². The van der Waals surface area contributed by atoms with Crippen LogP contribution in [0.5, 0.6) is 0 Å². The Morgan fingerprint density at radius 1 is 1.15 bits per heavy atom. The zero-order chi connectivity index (χ0) is 23.2. The molecule has 3 heterocycles. The average molecular weight is 474 g/mol. The summed E-state index contributed by atoms with van der Waals surface area (Å²) in [6.45, 7) is -2.42. The number of fused-ring (bicyclic) bond motifs is 2. The highest BCUT2D eigenvalue weighted by molar-refractivity contribution is 7.90. The number of esters is 1. The zero-order valence-electron chi connectivity index (χ0n) is 17.4. The average Bonchev–Trinajstić information content (AvgIpc) is 3.32. The molecule has 2 aliphatic rings. The first-order valence-corrected chi connectivity index (χ1v) is 11.9. The van der Waals surface area contributed by atoms with Crippen LogP contribution in [0.2, 0.25) is 0 Å². The number of hydrogen-bond donors (Lipinski definition) is 0. The monoisotopic (exact) mass is 474 g/mol. The number of carbonyl (C=O) groups excluding carboxylic acids is 1. The molecule has 33 heavy (non-hydrogen) atoms. The third-order valence-corrected chi connectivity index (χ3v) is 7.20. The van der Waals surface area contributed by atoms with Crippen LogP contribution < -0.4 is 0 Å². The van der Waals surface area contributed by atoms with Crippen LogP contribution in [0.25, 0.3) is 11.0 Å². The summed E-state index contributed by atoms with van der Waals surface area (Å²) in [5, 5.41) is 0. The summed E-state index contributed by atoms with van der Waals surface area (Å²) in [5.41, 5.74) is 1.17. The number of benzene rings is 2. The van der Waals surface area contributed by atoms with Crippen molar-refractivity contribution in [1.29, 1.82) is 0 Å². The number of ether oxygens (including phenoxy) is 1. The lowest BCUT2D eigenvalue weighted by molar-refractivity contribution is -0.151. The fourth-order valence-electron chi connectivity index (χ4n) is 4.35. The summed E-state index contributed by atoms with van der Waals surface area (Å²) in [6.07, 6.45) is 1.18. The Hall–Kier alpha value is -3.34. The number of amidine groups is 1. The minimum absolute atomic E-state index is 0.0348. The van der Waals surface area contributed by atoms with E-state index >= 15 is 0 Å². The summed E-state index contributed by atoms with van der Waals surface area (Å²) in [6, 6.07) is 13.1. The number of nitrogens with zero attached hydrogens (tertiary/aromatic N) is 4. The lowest BCUT2D eigenvalue weighted by Gasteiger charge is -2.32. The number of sulfonamides is 1. The SMILES string of the molecule is O=C(OCc1nc2ccccc2n1C(F)F)C1CCCN(C2=NS(=O)(=O)c3ccccc32)C1. The summed E-state index contributed by atoms with van der Waals surface area (Å²) in [4.78, 5) is 18.9. The molecule has 2 aliphatic heterocycles. The number of rotatable bonds is 4. The van der Waals surface area contributed by atoms with Gasteiger partial charge in [-0.15, -0.1) is 4.40 Å². The molecule has 11 heteroatoms. The Bertz CT molecular complexity index is 1370. The maximum absolute atomic E-state index is 13.6. The van der Waals surface area contributed by atoms with E-state index in [4.69, 9.17) is 4.74 Å². The number of para-hydroxylation sites is 2. The smallest absolute Gasteiger partial charge is 0.320 e. The summed E-state index contributed by atoms with van der Waals surface area (Å²) in [5.74, 6) is -0.793. The van der Waals surface area contributed by atoms with Crippen molar-refractivity contribution in [1.82, 2.24) is 14.5 Å². The first kappa shape index (κ1) is 21.5. The summed E-state index contributed by atoms with van der Waals surface area (Å²) < 4.78 is 62.0. The fraction of sp³-hybridized carbons (Fsp3) is 0.318. The Labute approximate surface area is 188 Å². The van der Waals surface area contributed by atoms with E-state index in [1.807, 2.05) is 0 Å². The second-order valence-electron chi connectivity index (χ2n) is 7.94. The van der Waals surface area contributed by atoms with E-state index < -0.39 is 28.5 Å². The van der Waals surface area contributed by atoms with E-state index in [1.165, 1.54) is 12.1 Å². The van der Waals surface area contributed by atoms with Crippen molar-refractivity contribution in [3.63, 3.8) is 0 Å². The first-order valence-electron chi connectivity index (χ1n) is 10.4. The van der Waals surface area contributed by atoms with Crippen LogP contribution in [0, 0.1) is 5.92 Å². The minimum atomic E-state index is -3.77. The quantitative estimate of drug-likeness (QED) is 0.539. The molecule has 0 saturated carbocycles. The molecule has 0 spiro atoms. The molecule has 172 valence electrons. The molecular formula is C22H20F2N4O4S. The second kappa shape index (κ2) is 8.22. The second-order valence-corrected chi connectivity index (χ2v) is 9.52. The van der Waals surface area contributed by atoms with Gasteiger partial charge in [-0.3, -0.25) is 9.36 Å². The molecule has 1 atom stereocenters. The number of carbonyl (C=O) groups is 1. The lowest BCUT2D eigenvalue weighted by atomic mass is 9.97. The maximum atomic E-state index is 13.6. The largest absolute Gasteiger partial charge is 0.457 e. The standard InChI is InChI=1S/C22H20F2N4O4S/c23-22(24)28-17-9-3-2-8-16(17)25-19(28)13-32-21(29)14-6-5-11-27(12-14)20-15-7-1-4-10-18(15)33(30,31)26-20/h1-4,7-10,14,22H,5-6,11-13H2. The van der Waals surface area contributed by atoms with Gasteiger partial charge in [0, 0.05) is 18.7 Å². The van der Waals surface area contributed by atoms with Gasteiger partial charge in [-0.05, 0) is 37.1 Å². The first-order chi connectivity index (χ1) is 15.8. The Morgan fingerprint density at radius 2 is 1.91 bits per heavy atom. The van der Waals surface area contributed by atoms with Crippen molar-refractivity contribution in [2.75, 3.05) is 13.1 Å². The van der Waals surface area contributed by atoms with Crippen molar-refractivity contribution in [3.8, 4) is 0 Å². The number of piperidine rings is 1. The van der Waals surface area contributed by atoms with E-state index in [0.717, 1.165) is 4.57 Å².